The van der Waals surface area contributed by atoms with E-state index in [0.29, 0.717) is 5.69 Å². The van der Waals surface area contributed by atoms with Gasteiger partial charge in [-0.15, -0.1) is 0 Å². The molecule has 0 aliphatic rings. The molecule has 1 atom stereocenters. The lowest BCUT2D eigenvalue weighted by Crippen LogP contribution is -2.28. The number of alkyl halides is 3. The predicted molar refractivity (Wildman–Crippen MR) is 64.4 cm³/mol. The summed E-state index contributed by atoms with van der Waals surface area (Å²) in [7, 11) is 3.75. The Morgan fingerprint density at radius 2 is 1.83 bits per heavy atom. The Labute approximate surface area is 104 Å². The molecule has 0 heterocycles. The zero-order chi connectivity index (χ0) is 13.8. The molecule has 1 N–H and O–H groups in total. The normalized spacial score (nSPS) is 12.7. The molecule has 0 bridgehead atoms. The average Bonchev–Trinajstić information content (AvgIpc) is 2.28. The molecule has 6 heteroatoms. The Kier molecular flexibility index (Phi) is 4.43. The van der Waals surface area contributed by atoms with Crippen molar-refractivity contribution in [3.8, 4) is 6.07 Å². The van der Waals surface area contributed by atoms with Gasteiger partial charge in [-0.25, -0.2) is 0 Å². The number of rotatable bonds is 4. The number of anilines is 2. The fourth-order valence-corrected chi connectivity index (χ4v) is 1.33. The van der Waals surface area contributed by atoms with Gasteiger partial charge in [0.15, 0.2) is 5.92 Å². The zero-order valence-corrected chi connectivity index (χ0v) is 10.1. The van der Waals surface area contributed by atoms with Gasteiger partial charge in [0.25, 0.3) is 0 Å². The molecule has 1 aromatic carbocycles. The standard InChI is InChI=1S/C12H14F3N3/c1-18(2)11-5-3-10(4-6-11)17-8-9(7-16)12(13,14)15/h3-6,9,17H,8H2,1-2H3. The Hall–Kier alpha value is -1.90. The Morgan fingerprint density at radius 1 is 1.28 bits per heavy atom. The topological polar surface area (TPSA) is 39.1 Å². The Morgan fingerprint density at radius 3 is 2.22 bits per heavy atom. The molecule has 0 aliphatic carbocycles. The van der Waals surface area contributed by atoms with Gasteiger partial charge >= 0.3 is 6.18 Å². The fourth-order valence-electron chi connectivity index (χ4n) is 1.33. The second-order valence-corrected chi connectivity index (χ2v) is 4.05. The van der Waals surface area contributed by atoms with Crippen LogP contribution in [0.1, 0.15) is 0 Å². The molecule has 0 fully saturated rings. The lowest BCUT2D eigenvalue weighted by Gasteiger charge is -2.16. The van der Waals surface area contributed by atoms with Gasteiger partial charge in [-0.2, -0.15) is 18.4 Å². The number of nitrogens with zero attached hydrogens (tertiary/aromatic N) is 2. The summed E-state index contributed by atoms with van der Waals surface area (Å²) in [5, 5.41) is 11.0. The highest BCUT2D eigenvalue weighted by Crippen LogP contribution is 2.26. The van der Waals surface area contributed by atoms with E-state index in [-0.39, 0.29) is 0 Å². The number of nitrogens with one attached hydrogen (secondary N) is 1. The van der Waals surface area contributed by atoms with Crippen LogP contribution in [-0.4, -0.2) is 26.8 Å². The number of hydrogen-bond donors (Lipinski definition) is 1. The first kappa shape index (κ1) is 14.2. The molecule has 0 aliphatic heterocycles. The van der Waals surface area contributed by atoms with E-state index in [4.69, 9.17) is 5.26 Å². The molecule has 1 rings (SSSR count). The van der Waals surface area contributed by atoms with Crippen LogP contribution in [0, 0.1) is 17.2 Å². The van der Waals surface area contributed by atoms with E-state index in [0.717, 1.165) is 5.69 Å². The summed E-state index contributed by atoms with van der Waals surface area (Å²) in [6, 6.07) is 8.19. The van der Waals surface area contributed by atoms with Crippen LogP contribution < -0.4 is 10.2 Å². The summed E-state index contributed by atoms with van der Waals surface area (Å²) in [5.41, 5.74) is 1.51. The largest absolute Gasteiger partial charge is 0.406 e. The highest BCUT2D eigenvalue weighted by molar-refractivity contribution is 5.54. The minimum absolute atomic E-state index is 0.443. The monoisotopic (exact) mass is 257 g/mol. The first-order valence-electron chi connectivity index (χ1n) is 5.32. The second kappa shape index (κ2) is 5.63. The van der Waals surface area contributed by atoms with E-state index in [9.17, 15) is 13.2 Å². The third-order valence-corrected chi connectivity index (χ3v) is 2.44. The SMILES string of the molecule is CN(C)c1ccc(NCC(C#N)C(F)(F)F)cc1. The van der Waals surface area contributed by atoms with Gasteiger partial charge in [-0.3, -0.25) is 0 Å². The maximum absolute atomic E-state index is 12.3. The van der Waals surface area contributed by atoms with Crippen molar-refractivity contribution in [2.24, 2.45) is 5.92 Å². The Bertz CT molecular complexity index is 418. The molecular weight excluding hydrogens is 243 g/mol. The van der Waals surface area contributed by atoms with Gasteiger partial charge in [0.2, 0.25) is 0 Å². The van der Waals surface area contributed by atoms with Crippen LogP contribution in [0.25, 0.3) is 0 Å². The van der Waals surface area contributed by atoms with Crippen molar-refractivity contribution in [3.63, 3.8) is 0 Å². The molecule has 98 valence electrons. The van der Waals surface area contributed by atoms with Gasteiger partial charge in [0.1, 0.15) is 0 Å². The third kappa shape index (κ3) is 3.84. The smallest absolute Gasteiger partial charge is 0.383 e. The summed E-state index contributed by atoms with van der Waals surface area (Å²) in [4.78, 5) is 1.89. The minimum atomic E-state index is -4.49. The summed E-state index contributed by atoms with van der Waals surface area (Å²) >= 11 is 0. The van der Waals surface area contributed by atoms with E-state index >= 15 is 0 Å². The van der Waals surface area contributed by atoms with Crippen LogP contribution in [0.15, 0.2) is 24.3 Å². The molecular formula is C12H14F3N3. The Balaban J connectivity index is 2.61. The van der Waals surface area contributed by atoms with E-state index in [1.165, 1.54) is 6.07 Å². The molecule has 0 aromatic heterocycles. The van der Waals surface area contributed by atoms with Crippen molar-refractivity contribution >= 4 is 11.4 Å². The number of nitriles is 1. The van der Waals surface area contributed by atoms with Gasteiger partial charge in [0.05, 0.1) is 6.07 Å². The van der Waals surface area contributed by atoms with Crippen molar-refractivity contribution < 1.29 is 13.2 Å². The first-order valence-corrected chi connectivity index (χ1v) is 5.32. The molecule has 18 heavy (non-hydrogen) atoms. The van der Waals surface area contributed by atoms with E-state index < -0.39 is 18.6 Å². The van der Waals surface area contributed by atoms with Crippen LogP contribution >= 0.6 is 0 Å². The van der Waals surface area contributed by atoms with Gasteiger partial charge in [0, 0.05) is 32.0 Å². The van der Waals surface area contributed by atoms with Crippen molar-refractivity contribution in [1.29, 1.82) is 5.26 Å². The molecule has 0 amide bonds. The highest BCUT2D eigenvalue weighted by Gasteiger charge is 2.39. The van der Waals surface area contributed by atoms with Gasteiger partial charge in [-0.1, -0.05) is 0 Å². The number of halogens is 3. The van der Waals surface area contributed by atoms with Gasteiger partial charge in [-0.05, 0) is 24.3 Å². The minimum Gasteiger partial charge on any atom is -0.383 e. The zero-order valence-electron chi connectivity index (χ0n) is 10.1. The van der Waals surface area contributed by atoms with Crippen molar-refractivity contribution in [2.75, 3.05) is 30.9 Å². The fraction of sp³-hybridized carbons (Fsp3) is 0.417. The van der Waals surface area contributed by atoms with E-state index in [1.54, 1.807) is 24.3 Å². The van der Waals surface area contributed by atoms with Crippen LogP contribution in [0.2, 0.25) is 0 Å². The lowest BCUT2D eigenvalue weighted by molar-refractivity contribution is -0.155. The average molecular weight is 257 g/mol. The van der Waals surface area contributed by atoms with E-state index in [2.05, 4.69) is 5.32 Å². The highest BCUT2D eigenvalue weighted by atomic mass is 19.4. The van der Waals surface area contributed by atoms with Crippen molar-refractivity contribution in [1.82, 2.24) is 0 Å². The van der Waals surface area contributed by atoms with E-state index in [1.807, 2.05) is 19.0 Å². The predicted octanol–water partition coefficient (Wildman–Crippen LogP) is 2.87. The summed E-state index contributed by atoms with van der Waals surface area (Å²) in [6.07, 6.45) is -4.49. The second-order valence-electron chi connectivity index (χ2n) is 4.05. The van der Waals surface area contributed by atoms with Gasteiger partial charge < -0.3 is 10.2 Å². The quantitative estimate of drug-likeness (QED) is 0.901. The van der Waals surface area contributed by atoms with Crippen molar-refractivity contribution in [2.45, 2.75) is 6.18 Å². The summed E-state index contributed by atoms with van der Waals surface area (Å²) < 4.78 is 37.0. The summed E-state index contributed by atoms with van der Waals surface area (Å²) in [5.74, 6) is -1.99. The number of benzene rings is 1. The lowest BCUT2D eigenvalue weighted by atomic mass is 10.1. The first-order chi connectivity index (χ1) is 8.34. The molecule has 1 aromatic rings. The number of hydrogen-bond acceptors (Lipinski definition) is 3. The molecule has 0 saturated carbocycles. The van der Waals surface area contributed by atoms with Crippen LogP contribution in [0.5, 0.6) is 0 Å². The summed E-state index contributed by atoms with van der Waals surface area (Å²) in [6.45, 7) is -0.443. The molecule has 1 unspecified atom stereocenters. The molecule has 0 saturated heterocycles. The molecule has 0 spiro atoms. The van der Waals surface area contributed by atoms with Crippen LogP contribution in [0.4, 0.5) is 24.5 Å². The van der Waals surface area contributed by atoms with Crippen LogP contribution in [-0.2, 0) is 0 Å². The maximum atomic E-state index is 12.3. The van der Waals surface area contributed by atoms with Crippen molar-refractivity contribution in [3.05, 3.63) is 24.3 Å². The molecule has 0 radical (unpaired) electrons. The third-order valence-electron chi connectivity index (χ3n) is 2.44. The maximum Gasteiger partial charge on any atom is 0.406 e. The molecule has 3 nitrogen and oxygen atoms in total. The van der Waals surface area contributed by atoms with Crippen LogP contribution in [0.3, 0.4) is 0 Å².